The molecule has 3 aromatic rings. The zero-order valence-electron chi connectivity index (χ0n) is 19.4. The van der Waals surface area contributed by atoms with E-state index in [1.807, 2.05) is 18.2 Å². The maximum Gasteiger partial charge on any atom is 0.261 e. The van der Waals surface area contributed by atoms with Crippen molar-refractivity contribution in [1.82, 2.24) is 0 Å². The molecule has 0 bridgehead atoms. The van der Waals surface area contributed by atoms with Crippen LogP contribution in [-0.4, -0.2) is 27.6 Å². The minimum absolute atomic E-state index is 0.00107. The molecule has 1 saturated heterocycles. The SMILES string of the molecule is CC(C)(C)[Si](OCCC[C@H]1COC(c2ccccc2)O1)(c1ccccc1)c1ccccc1. The van der Waals surface area contributed by atoms with Gasteiger partial charge in [0.25, 0.3) is 8.32 Å². The van der Waals surface area contributed by atoms with Crippen LogP contribution < -0.4 is 10.4 Å². The van der Waals surface area contributed by atoms with E-state index in [-0.39, 0.29) is 17.4 Å². The number of hydrogen-bond donors (Lipinski definition) is 0. The molecule has 1 aliphatic heterocycles. The number of rotatable bonds is 8. The third kappa shape index (κ3) is 4.89. The van der Waals surface area contributed by atoms with E-state index in [0.717, 1.165) is 18.4 Å². The molecule has 0 saturated carbocycles. The van der Waals surface area contributed by atoms with Gasteiger partial charge < -0.3 is 13.9 Å². The summed E-state index contributed by atoms with van der Waals surface area (Å²) in [5.41, 5.74) is 1.08. The first-order chi connectivity index (χ1) is 15.5. The van der Waals surface area contributed by atoms with Crippen LogP contribution in [0.2, 0.25) is 5.04 Å². The third-order valence-corrected chi connectivity index (χ3v) is 11.3. The highest BCUT2D eigenvalue weighted by molar-refractivity contribution is 6.99. The van der Waals surface area contributed by atoms with E-state index < -0.39 is 8.32 Å². The predicted molar refractivity (Wildman–Crippen MR) is 133 cm³/mol. The van der Waals surface area contributed by atoms with Crippen LogP contribution in [0.15, 0.2) is 91.0 Å². The van der Waals surface area contributed by atoms with Crippen molar-refractivity contribution in [2.24, 2.45) is 0 Å². The van der Waals surface area contributed by atoms with Crippen LogP contribution in [-0.2, 0) is 13.9 Å². The van der Waals surface area contributed by atoms with Gasteiger partial charge >= 0.3 is 0 Å². The molecule has 1 fully saturated rings. The lowest BCUT2D eigenvalue weighted by Crippen LogP contribution is -2.66. The Bertz CT molecular complexity index is 915. The van der Waals surface area contributed by atoms with E-state index in [2.05, 4.69) is 93.6 Å². The molecule has 0 amide bonds. The Labute approximate surface area is 193 Å². The zero-order chi connectivity index (χ0) is 22.4. The minimum Gasteiger partial charge on any atom is -0.407 e. The van der Waals surface area contributed by atoms with E-state index in [1.165, 1.54) is 10.4 Å². The molecule has 4 rings (SSSR count). The number of ether oxygens (including phenoxy) is 2. The fourth-order valence-corrected chi connectivity index (χ4v) is 9.29. The maximum absolute atomic E-state index is 6.98. The largest absolute Gasteiger partial charge is 0.407 e. The van der Waals surface area contributed by atoms with Crippen molar-refractivity contribution >= 4 is 18.7 Å². The molecule has 1 heterocycles. The molecule has 2 atom stereocenters. The van der Waals surface area contributed by atoms with Gasteiger partial charge in [-0.15, -0.1) is 0 Å². The summed E-state index contributed by atoms with van der Waals surface area (Å²) in [4.78, 5) is 0. The van der Waals surface area contributed by atoms with Crippen molar-refractivity contribution < 1.29 is 13.9 Å². The van der Waals surface area contributed by atoms with E-state index in [1.54, 1.807) is 0 Å². The van der Waals surface area contributed by atoms with E-state index >= 15 is 0 Å². The van der Waals surface area contributed by atoms with Crippen LogP contribution in [0.25, 0.3) is 0 Å². The first-order valence-corrected chi connectivity index (χ1v) is 13.5. The van der Waals surface area contributed by atoms with Crippen LogP contribution in [0.4, 0.5) is 0 Å². The smallest absolute Gasteiger partial charge is 0.261 e. The average molecular weight is 447 g/mol. The quantitative estimate of drug-likeness (QED) is 0.340. The second kappa shape index (κ2) is 10.1. The van der Waals surface area contributed by atoms with Crippen molar-refractivity contribution in [3.05, 3.63) is 96.6 Å². The van der Waals surface area contributed by atoms with Crippen LogP contribution in [0.3, 0.4) is 0 Å². The van der Waals surface area contributed by atoms with Crippen molar-refractivity contribution in [2.75, 3.05) is 13.2 Å². The second-order valence-corrected chi connectivity index (χ2v) is 13.8. The van der Waals surface area contributed by atoms with Crippen LogP contribution >= 0.6 is 0 Å². The molecule has 0 aliphatic carbocycles. The topological polar surface area (TPSA) is 27.7 Å². The van der Waals surface area contributed by atoms with E-state index in [0.29, 0.717) is 13.2 Å². The van der Waals surface area contributed by atoms with Gasteiger partial charge in [-0.25, -0.2) is 0 Å². The van der Waals surface area contributed by atoms with Crippen molar-refractivity contribution in [1.29, 1.82) is 0 Å². The first-order valence-electron chi connectivity index (χ1n) is 11.6. The third-order valence-electron chi connectivity index (χ3n) is 6.23. The highest BCUT2D eigenvalue weighted by Crippen LogP contribution is 2.37. The summed E-state index contributed by atoms with van der Waals surface area (Å²) in [5.74, 6) is 0. The Morgan fingerprint density at radius 3 is 1.88 bits per heavy atom. The van der Waals surface area contributed by atoms with Crippen molar-refractivity contribution in [2.45, 2.75) is 51.0 Å². The molecule has 168 valence electrons. The Hall–Kier alpha value is -2.24. The molecule has 32 heavy (non-hydrogen) atoms. The van der Waals surface area contributed by atoms with E-state index in [4.69, 9.17) is 13.9 Å². The summed E-state index contributed by atoms with van der Waals surface area (Å²) in [5, 5.41) is 2.65. The molecule has 1 aliphatic rings. The molecule has 3 aromatic carbocycles. The molecule has 1 unspecified atom stereocenters. The van der Waals surface area contributed by atoms with Crippen molar-refractivity contribution in [3.63, 3.8) is 0 Å². The lowest BCUT2D eigenvalue weighted by Gasteiger charge is -2.43. The van der Waals surface area contributed by atoms with Gasteiger partial charge in [-0.1, -0.05) is 112 Å². The zero-order valence-corrected chi connectivity index (χ0v) is 20.4. The normalized spacial score (nSPS) is 19.2. The second-order valence-electron chi connectivity index (χ2n) is 9.49. The Morgan fingerprint density at radius 2 is 1.34 bits per heavy atom. The Balaban J connectivity index is 1.45. The predicted octanol–water partition coefficient (Wildman–Crippen LogP) is 5.46. The summed E-state index contributed by atoms with van der Waals surface area (Å²) in [6.45, 7) is 8.30. The Kier molecular flexibility index (Phi) is 7.26. The lowest BCUT2D eigenvalue weighted by atomic mass is 10.2. The van der Waals surface area contributed by atoms with E-state index in [9.17, 15) is 0 Å². The van der Waals surface area contributed by atoms with Gasteiger partial charge in [-0.2, -0.15) is 0 Å². The van der Waals surface area contributed by atoms with Crippen LogP contribution in [0, 0.1) is 0 Å². The Morgan fingerprint density at radius 1 is 0.812 bits per heavy atom. The molecule has 0 spiro atoms. The van der Waals surface area contributed by atoms with Gasteiger partial charge in [0.1, 0.15) is 0 Å². The highest BCUT2D eigenvalue weighted by atomic mass is 28.4. The summed E-state index contributed by atoms with van der Waals surface area (Å²) in [6, 6.07) is 31.8. The van der Waals surface area contributed by atoms with Gasteiger partial charge in [0.15, 0.2) is 6.29 Å². The standard InChI is InChI=1S/C28H34O3Si/c1-28(2,3)32(25-17-9-5-10-18-25,26-19-11-6-12-20-26)30-21-13-16-24-22-29-27(31-24)23-14-7-4-8-15-23/h4-12,14-15,17-20,24,27H,13,16,21-22H2,1-3H3/t24-,27?/m0/s1. The van der Waals surface area contributed by atoms with Crippen LogP contribution in [0.1, 0.15) is 45.5 Å². The molecule has 0 N–H and O–H groups in total. The molecule has 3 nitrogen and oxygen atoms in total. The molecule has 0 radical (unpaired) electrons. The first kappa shape index (κ1) is 22.9. The summed E-state index contributed by atoms with van der Waals surface area (Å²) < 4.78 is 19.0. The number of benzene rings is 3. The molecular weight excluding hydrogens is 412 g/mol. The van der Waals surface area contributed by atoms with Crippen molar-refractivity contribution in [3.8, 4) is 0 Å². The number of hydrogen-bond acceptors (Lipinski definition) is 3. The van der Waals surface area contributed by atoms with Gasteiger partial charge in [-0.3, -0.25) is 0 Å². The fraction of sp³-hybridized carbons (Fsp3) is 0.357. The summed E-state index contributed by atoms with van der Waals surface area (Å²) >= 11 is 0. The fourth-order valence-electron chi connectivity index (χ4n) is 4.68. The summed E-state index contributed by atoms with van der Waals surface area (Å²) in [6.07, 6.45) is 1.74. The monoisotopic (exact) mass is 446 g/mol. The maximum atomic E-state index is 6.98. The summed E-state index contributed by atoms with van der Waals surface area (Å²) in [7, 11) is -2.46. The molecular formula is C28H34O3Si. The van der Waals surface area contributed by atoms with Crippen LogP contribution in [0.5, 0.6) is 0 Å². The molecule has 4 heteroatoms. The average Bonchev–Trinajstić information content (AvgIpc) is 3.29. The van der Waals surface area contributed by atoms with Gasteiger partial charge in [0, 0.05) is 12.2 Å². The minimum atomic E-state index is -2.46. The lowest BCUT2D eigenvalue weighted by molar-refractivity contribution is -0.0616. The van der Waals surface area contributed by atoms with Gasteiger partial charge in [-0.05, 0) is 28.3 Å². The highest BCUT2D eigenvalue weighted by Gasteiger charge is 2.50. The van der Waals surface area contributed by atoms with Gasteiger partial charge in [0.2, 0.25) is 0 Å². The molecule has 0 aromatic heterocycles. The van der Waals surface area contributed by atoms with Gasteiger partial charge in [0.05, 0.1) is 12.7 Å².